The summed E-state index contributed by atoms with van der Waals surface area (Å²) in [5, 5.41) is 0. The SMILES string of the molecule is [2H]C1=CC2=CC3=NC(=CC4=NC(=CC5=NC(=CC1=N2)C=C5)C=C4)C=C3.[Ti]. The van der Waals surface area contributed by atoms with Gasteiger partial charge in [-0.2, -0.15) is 0 Å². The largest absolute Gasteiger partial charge is 0.249 e. The topological polar surface area (TPSA) is 49.4 Å². The van der Waals surface area contributed by atoms with Crippen LogP contribution in [-0.2, 0) is 21.7 Å². The molecular formula is C20H12N4Ti. The molecule has 0 aromatic carbocycles. The van der Waals surface area contributed by atoms with E-state index in [4.69, 9.17) is 1.37 Å². The van der Waals surface area contributed by atoms with Gasteiger partial charge in [0.15, 0.2) is 0 Å². The standard InChI is InChI=1S/C20H12N4.Ti/c1-2-14-10-16-5-6-18(23-16)12-20-8-7-19(24-20)11-17-4-3-15(22-17)9-13(1)21-14;/h1-12H;/i1D;. The molecule has 0 aromatic heterocycles. The van der Waals surface area contributed by atoms with Crippen LogP contribution in [0.4, 0.5) is 0 Å². The Labute approximate surface area is 161 Å². The Kier molecular flexibility index (Phi) is 3.70. The van der Waals surface area contributed by atoms with Gasteiger partial charge in [0, 0.05) is 21.7 Å². The number of allylic oxidation sites excluding steroid dienone is 12. The van der Waals surface area contributed by atoms with Gasteiger partial charge in [-0.25, -0.2) is 20.0 Å². The summed E-state index contributed by atoms with van der Waals surface area (Å²) in [4.78, 5) is 18.2. The second kappa shape index (κ2) is 6.32. The van der Waals surface area contributed by atoms with Crippen molar-refractivity contribution in [3.63, 3.8) is 0 Å². The van der Waals surface area contributed by atoms with Crippen LogP contribution in [0.5, 0.6) is 0 Å². The zero-order valence-corrected chi connectivity index (χ0v) is 14.7. The minimum atomic E-state index is 0. The Bertz CT molecular complexity index is 1080. The van der Waals surface area contributed by atoms with Gasteiger partial charge in [-0.1, -0.05) is 0 Å². The number of rotatable bonds is 0. The van der Waals surface area contributed by atoms with Gasteiger partial charge < -0.3 is 0 Å². The molecule has 0 unspecified atom stereocenters. The van der Waals surface area contributed by atoms with Crippen LogP contribution in [0.2, 0.25) is 0 Å². The molecule has 0 atom stereocenters. The molecular weight excluding hydrogens is 344 g/mol. The first-order valence-electron chi connectivity index (χ1n) is 8.16. The van der Waals surface area contributed by atoms with Crippen molar-refractivity contribution in [2.75, 3.05) is 0 Å². The Morgan fingerprint density at radius 2 is 0.840 bits per heavy atom. The molecule has 25 heavy (non-hydrogen) atoms. The fourth-order valence-electron chi connectivity index (χ4n) is 2.76. The van der Waals surface area contributed by atoms with Crippen molar-refractivity contribution in [2.24, 2.45) is 20.0 Å². The van der Waals surface area contributed by atoms with Crippen LogP contribution < -0.4 is 0 Å². The molecule has 0 aliphatic carbocycles. The minimum absolute atomic E-state index is 0. The van der Waals surface area contributed by atoms with Crippen molar-refractivity contribution in [1.29, 1.82) is 0 Å². The van der Waals surface area contributed by atoms with Crippen molar-refractivity contribution in [1.82, 2.24) is 0 Å². The Morgan fingerprint density at radius 3 is 1.32 bits per heavy atom. The number of aliphatic imine (C=N–C) groups is 4. The average Bonchev–Trinajstić information content (AvgIpc) is 3.33. The second-order valence-corrected chi connectivity index (χ2v) is 5.67. The Morgan fingerprint density at radius 1 is 0.480 bits per heavy atom. The van der Waals surface area contributed by atoms with E-state index in [9.17, 15) is 0 Å². The van der Waals surface area contributed by atoms with E-state index < -0.39 is 0 Å². The van der Waals surface area contributed by atoms with Crippen LogP contribution in [0.3, 0.4) is 0 Å². The number of hydrogen-bond donors (Lipinski definition) is 0. The molecule has 8 bridgehead atoms. The van der Waals surface area contributed by atoms with Crippen molar-refractivity contribution in [3.05, 3.63) is 95.7 Å². The van der Waals surface area contributed by atoms with E-state index in [-0.39, 0.29) is 21.7 Å². The summed E-state index contributed by atoms with van der Waals surface area (Å²) >= 11 is 0. The van der Waals surface area contributed by atoms with Gasteiger partial charge in [-0.3, -0.25) is 0 Å². The van der Waals surface area contributed by atoms with Gasteiger partial charge in [0.25, 0.3) is 0 Å². The average molecular weight is 357 g/mol. The smallest absolute Gasteiger partial charge is 0.0659 e. The van der Waals surface area contributed by atoms with E-state index >= 15 is 0 Å². The quantitative estimate of drug-likeness (QED) is 0.595. The molecule has 5 heterocycles. The molecule has 5 heteroatoms. The van der Waals surface area contributed by atoms with E-state index in [1.165, 1.54) is 0 Å². The fraction of sp³-hybridized carbons (Fsp3) is 0. The molecule has 0 amide bonds. The zero-order valence-electron chi connectivity index (χ0n) is 14.1. The van der Waals surface area contributed by atoms with Crippen molar-refractivity contribution in [2.45, 2.75) is 0 Å². The van der Waals surface area contributed by atoms with Gasteiger partial charge in [-0.15, -0.1) is 0 Å². The Hall–Kier alpha value is -2.69. The molecule has 0 aromatic rings. The van der Waals surface area contributed by atoms with Crippen LogP contribution in [0.1, 0.15) is 1.37 Å². The third-order valence-electron chi connectivity index (χ3n) is 3.84. The maximum Gasteiger partial charge on any atom is 0.0659 e. The summed E-state index contributed by atoms with van der Waals surface area (Å²) in [6.45, 7) is 0. The molecule has 0 saturated heterocycles. The normalized spacial score (nSPS) is 22.7. The first-order valence-corrected chi connectivity index (χ1v) is 7.66. The minimum Gasteiger partial charge on any atom is -0.249 e. The molecule has 5 aliphatic rings. The van der Waals surface area contributed by atoms with Gasteiger partial charge in [0.05, 0.1) is 47.0 Å². The van der Waals surface area contributed by atoms with Crippen molar-refractivity contribution >= 4 is 22.8 Å². The van der Waals surface area contributed by atoms with Crippen LogP contribution in [0.15, 0.2) is 116 Å². The molecule has 0 N–H and O–H groups in total. The van der Waals surface area contributed by atoms with Crippen LogP contribution in [0, 0.1) is 0 Å². The van der Waals surface area contributed by atoms with Gasteiger partial charge in [0.1, 0.15) is 0 Å². The maximum absolute atomic E-state index is 8.11. The maximum atomic E-state index is 8.11. The van der Waals surface area contributed by atoms with Gasteiger partial charge >= 0.3 is 0 Å². The monoisotopic (exact) mass is 357 g/mol. The van der Waals surface area contributed by atoms with Crippen LogP contribution in [-0.4, -0.2) is 22.8 Å². The molecule has 0 fully saturated rings. The van der Waals surface area contributed by atoms with E-state index in [0.717, 1.165) is 39.9 Å². The van der Waals surface area contributed by atoms with Crippen molar-refractivity contribution in [3.8, 4) is 0 Å². The summed E-state index contributed by atoms with van der Waals surface area (Å²) in [7, 11) is 0. The molecule has 0 spiro atoms. The Balaban J connectivity index is 0.00000168. The first kappa shape index (κ1) is 14.6. The van der Waals surface area contributed by atoms with E-state index in [0.29, 0.717) is 11.8 Å². The fourth-order valence-corrected chi connectivity index (χ4v) is 2.76. The van der Waals surface area contributed by atoms with Crippen LogP contribution >= 0.6 is 0 Å². The third kappa shape index (κ3) is 3.27. The summed E-state index contributed by atoms with van der Waals surface area (Å²) < 4.78 is 8.11. The summed E-state index contributed by atoms with van der Waals surface area (Å²) in [5.74, 6) is 0. The van der Waals surface area contributed by atoms with E-state index in [1.807, 2.05) is 60.8 Å². The number of nitrogens with zero attached hydrogens (tertiary/aromatic N) is 4. The predicted molar refractivity (Wildman–Crippen MR) is 98.6 cm³/mol. The number of hydrogen-bond acceptors (Lipinski definition) is 4. The second-order valence-electron chi connectivity index (χ2n) is 5.67. The number of fused-ring (bicyclic) bond motifs is 4. The van der Waals surface area contributed by atoms with Gasteiger partial charge in [0.2, 0.25) is 0 Å². The molecule has 5 aliphatic heterocycles. The molecule has 0 radical (unpaired) electrons. The van der Waals surface area contributed by atoms with Gasteiger partial charge in [-0.05, 0) is 72.9 Å². The summed E-state index contributed by atoms with van der Waals surface area (Å²) in [5.41, 5.74) is 6.33. The molecule has 0 saturated carbocycles. The van der Waals surface area contributed by atoms with E-state index in [1.54, 1.807) is 6.08 Å². The first-order chi connectivity index (χ1) is 12.2. The molecule has 4 nitrogen and oxygen atoms in total. The van der Waals surface area contributed by atoms with E-state index in [2.05, 4.69) is 20.0 Å². The summed E-state index contributed by atoms with van der Waals surface area (Å²) in [6, 6.07) is 0.379. The summed E-state index contributed by atoms with van der Waals surface area (Å²) in [6.07, 6.45) is 21.0. The third-order valence-corrected chi connectivity index (χ3v) is 3.84. The predicted octanol–water partition coefficient (Wildman–Crippen LogP) is 3.58. The molecule has 116 valence electrons. The van der Waals surface area contributed by atoms with Crippen molar-refractivity contribution < 1.29 is 23.1 Å². The molecule has 5 rings (SSSR count). The zero-order chi connectivity index (χ0) is 16.8. The van der Waals surface area contributed by atoms with Crippen LogP contribution in [0.25, 0.3) is 0 Å².